The van der Waals surface area contributed by atoms with Gasteiger partial charge >= 0.3 is 0 Å². The molecule has 4 heterocycles. The number of carbonyl (C=O) groups excluding carboxylic acids is 1. The molecule has 3 N–H and O–H groups in total. The van der Waals surface area contributed by atoms with Crippen LogP contribution in [0.25, 0.3) is 11.0 Å². The maximum Gasteiger partial charge on any atom is 0.257 e. The van der Waals surface area contributed by atoms with E-state index in [9.17, 15) is 10.1 Å². The fraction of sp³-hybridized carbons (Fsp3) is 0.417. The highest BCUT2D eigenvalue weighted by Crippen LogP contribution is 2.43. The van der Waals surface area contributed by atoms with Crippen LogP contribution in [-0.2, 0) is 4.74 Å². The van der Waals surface area contributed by atoms with Gasteiger partial charge in [0.15, 0.2) is 11.5 Å². The van der Waals surface area contributed by atoms with Crippen molar-refractivity contribution in [3.63, 3.8) is 0 Å². The molecule has 1 aromatic carbocycles. The van der Waals surface area contributed by atoms with Crippen LogP contribution in [0.3, 0.4) is 0 Å². The van der Waals surface area contributed by atoms with Crippen molar-refractivity contribution in [3.8, 4) is 17.6 Å². The molecule has 0 atom stereocenters. The van der Waals surface area contributed by atoms with Crippen LogP contribution >= 0.6 is 0 Å². The summed E-state index contributed by atoms with van der Waals surface area (Å²) in [5.41, 5.74) is 2.10. The van der Waals surface area contributed by atoms with E-state index in [1.54, 1.807) is 23.2 Å². The molecule has 11 heteroatoms. The first kappa shape index (κ1) is 21.5. The number of hydrogen-bond donors (Lipinski definition) is 3. The largest absolute Gasteiger partial charge is 0.453 e. The van der Waals surface area contributed by atoms with Crippen LogP contribution in [0, 0.1) is 11.3 Å². The second kappa shape index (κ2) is 8.96. The van der Waals surface area contributed by atoms with Crippen LogP contribution in [0.2, 0.25) is 0 Å². The summed E-state index contributed by atoms with van der Waals surface area (Å²) in [7, 11) is 0. The summed E-state index contributed by atoms with van der Waals surface area (Å²) in [5.74, 6) is 1.70. The van der Waals surface area contributed by atoms with Gasteiger partial charge in [0.2, 0.25) is 12.7 Å². The van der Waals surface area contributed by atoms with Crippen molar-refractivity contribution in [3.05, 3.63) is 29.5 Å². The minimum absolute atomic E-state index is 0.0218. The minimum atomic E-state index is -0.113. The Kier molecular flexibility index (Phi) is 5.50. The zero-order valence-electron chi connectivity index (χ0n) is 19.1. The van der Waals surface area contributed by atoms with E-state index in [4.69, 9.17) is 19.2 Å². The molecule has 1 saturated carbocycles. The molecule has 2 aliphatic heterocycles. The molecule has 3 aliphatic rings. The molecular weight excluding hydrogens is 450 g/mol. The van der Waals surface area contributed by atoms with Crippen molar-refractivity contribution in [2.45, 2.75) is 31.7 Å². The standard InChI is InChI=1S/C24H25N7O4/c25-11-14-12-26-21-18(14)22(27-15-3-1-2-4-15)30-24(29-21)28-17-6-5-16(19-20(17)35-13-34-19)23(32)31-7-9-33-10-8-31/h5-6,12,15H,1-4,7-10,13H2,(H3,26,27,28,29,30). The molecule has 1 saturated heterocycles. The lowest BCUT2D eigenvalue weighted by Gasteiger charge is -2.27. The van der Waals surface area contributed by atoms with Gasteiger partial charge in [-0.1, -0.05) is 12.8 Å². The lowest BCUT2D eigenvalue weighted by molar-refractivity contribution is 0.0300. The van der Waals surface area contributed by atoms with Crippen LogP contribution < -0.4 is 20.1 Å². The lowest BCUT2D eigenvalue weighted by atomic mass is 10.1. The van der Waals surface area contributed by atoms with Crippen LogP contribution in [-0.4, -0.2) is 64.9 Å². The lowest BCUT2D eigenvalue weighted by Crippen LogP contribution is -2.40. The Labute approximate surface area is 201 Å². The van der Waals surface area contributed by atoms with Gasteiger partial charge < -0.3 is 34.7 Å². The number of aromatic amines is 1. The van der Waals surface area contributed by atoms with E-state index in [-0.39, 0.29) is 12.7 Å². The molecular formula is C24H25N7O4. The SMILES string of the molecule is N#Cc1c[nH]c2nc(Nc3ccc(C(=O)N4CCOCC4)c4c3OCO4)nc(NC3CCCC3)c12. The van der Waals surface area contributed by atoms with Crippen molar-refractivity contribution in [2.75, 3.05) is 43.7 Å². The van der Waals surface area contributed by atoms with Gasteiger partial charge in [0.1, 0.15) is 17.5 Å². The second-order valence-electron chi connectivity index (χ2n) is 8.81. The number of anilines is 3. The van der Waals surface area contributed by atoms with Gasteiger partial charge in [-0.3, -0.25) is 4.79 Å². The zero-order chi connectivity index (χ0) is 23.8. The number of benzene rings is 1. The van der Waals surface area contributed by atoms with E-state index in [0.29, 0.717) is 83.5 Å². The Balaban J connectivity index is 1.33. The number of H-pyrrole nitrogens is 1. The van der Waals surface area contributed by atoms with E-state index < -0.39 is 0 Å². The molecule has 1 aliphatic carbocycles. The highest BCUT2D eigenvalue weighted by Gasteiger charge is 2.29. The molecule has 0 spiro atoms. The Hall–Kier alpha value is -4.04. The normalized spacial score (nSPS) is 17.5. The third-order valence-electron chi connectivity index (χ3n) is 6.64. The molecule has 11 nitrogen and oxygen atoms in total. The van der Waals surface area contributed by atoms with Crippen molar-refractivity contribution < 1.29 is 19.0 Å². The molecule has 0 unspecified atom stereocenters. The Morgan fingerprint density at radius 2 is 1.94 bits per heavy atom. The van der Waals surface area contributed by atoms with E-state index in [0.717, 1.165) is 12.8 Å². The number of nitrogens with one attached hydrogen (secondary N) is 3. The summed E-state index contributed by atoms with van der Waals surface area (Å²) in [5, 5.41) is 17.0. The van der Waals surface area contributed by atoms with Gasteiger partial charge in [0.05, 0.1) is 35.4 Å². The summed E-state index contributed by atoms with van der Waals surface area (Å²) >= 11 is 0. The van der Waals surface area contributed by atoms with Crippen molar-refractivity contribution in [1.82, 2.24) is 19.9 Å². The smallest absolute Gasteiger partial charge is 0.257 e. The quantitative estimate of drug-likeness (QED) is 0.508. The molecule has 6 rings (SSSR count). The number of nitrogens with zero attached hydrogens (tertiary/aromatic N) is 4. The number of nitriles is 1. The highest BCUT2D eigenvalue weighted by molar-refractivity contribution is 5.99. The van der Waals surface area contributed by atoms with Gasteiger partial charge in [-0.25, -0.2) is 0 Å². The number of fused-ring (bicyclic) bond motifs is 2. The molecule has 2 fully saturated rings. The Bertz CT molecular complexity index is 1320. The minimum Gasteiger partial charge on any atom is -0.453 e. The number of amides is 1. The number of hydrogen-bond acceptors (Lipinski definition) is 9. The number of carbonyl (C=O) groups is 1. The first-order valence-electron chi connectivity index (χ1n) is 11.8. The summed E-state index contributed by atoms with van der Waals surface area (Å²) < 4.78 is 16.8. The number of aromatic nitrogens is 3. The predicted molar refractivity (Wildman–Crippen MR) is 127 cm³/mol. The molecule has 2 aromatic heterocycles. The third-order valence-corrected chi connectivity index (χ3v) is 6.64. The van der Waals surface area contributed by atoms with Gasteiger partial charge in [0, 0.05) is 25.3 Å². The van der Waals surface area contributed by atoms with Gasteiger partial charge in [-0.2, -0.15) is 15.2 Å². The summed E-state index contributed by atoms with van der Waals surface area (Å²) in [6.45, 7) is 2.15. The molecule has 3 aromatic rings. The van der Waals surface area contributed by atoms with Crippen LogP contribution in [0.4, 0.5) is 17.5 Å². The van der Waals surface area contributed by atoms with Crippen molar-refractivity contribution in [1.29, 1.82) is 5.26 Å². The highest BCUT2D eigenvalue weighted by atomic mass is 16.7. The van der Waals surface area contributed by atoms with Crippen molar-refractivity contribution >= 4 is 34.4 Å². The molecule has 0 radical (unpaired) electrons. The van der Waals surface area contributed by atoms with Gasteiger partial charge in [0.25, 0.3) is 5.91 Å². The van der Waals surface area contributed by atoms with Crippen molar-refractivity contribution in [2.24, 2.45) is 0 Å². The second-order valence-corrected chi connectivity index (χ2v) is 8.81. The monoisotopic (exact) mass is 475 g/mol. The van der Waals surface area contributed by atoms with E-state index in [2.05, 4.69) is 26.7 Å². The molecule has 1 amide bonds. The van der Waals surface area contributed by atoms with E-state index in [1.807, 2.05) is 0 Å². The first-order valence-corrected chi connectivity index (χ1v) is 11.8. The number of rotatable bonds is 5. The maximum absolute atomic E-state index is 13.1. The zero-order valence-corrected chi connectivity index (χ0v) is 19.1. The fourth-order valence-electron chi connectivity index (χ4n) is 4.87. The average Bonchev–Trinajstić information content (AvgIpc) is 3.65. The molecule has 180 valence electrons. The maximum atomic E-state index is 13.1. The molecule has 0 bridgehead atoms. The fourth-order valence-corrected chi connectivity index (χ4v) is 4.87. The Morgan fingerprint density at radius 1 is 1.14 bits per heavy atom. The van der Waals surface area contributed by atoms with E-state index in [1.165, 1.54) is 12.8 Å². The predicted octanol–water partition coefficient (Wildman–Crippen LogP) is 3.13. The first-order chi connectivity index (χ1) is 17.2. The molecule has 35 heavy (non-hydrogen) atoms. The van der Waals surface area contributed by atoms with Gasteiger partial charge in [-0.05, 0) is 25.0 Å². The summed E-state index contributed by atoms with van der Waals surface area (Å²) in [6, 6.07) is 6.02. The van der Waals surface area contributed by atoms with Gasteiger partial charge in [-0.15, -0.1) is 0 Å². The summed E-state index contributed by atoms with van der Waals surface area (Å²) in [6.07, 6.45) is 6.13. The number of ether oxygens (including phenoxy) is 3. The van der Waals surface area contributed by atoms with Crippen LogP contribution in [0.15, 0.2) is 18.3 Å². The van der Waals surface area contributed by atoms with E-state index >= 15 is 0 Å². The van der Waals surface area contributed by atoms with Crippen LogP contribution in [0.1, 0.15) is 41.6 Å². The Morgan fingerprint density at radius 3 is 2.74 bits per heavy atom. The number of morpholine rings is 1. The summed E-state index contributed by atoms with van der Waals surface area (Å²) in [4.78, 5) is 27.2. The topological polar surface area (TPSA) is 137 Å². The third kappa shape index (κ3) is 3.95. The van der Waals surface area contributed by atoms with Crippen LogP contribution in [0.5, 0.6) is 11.5 Å². The average molecular weight is 476 g/mol.